The van der Waals surface area contributed by atoms with Crippen molar-refractivity contribution in [2.24, 2.45) is 11.8 Å². The number of hydrogen-bond donors (Lipinski definition) is 2. The molecule has 0 saturated heterocycles. The van der Waals surface area contributed by atoms with Gasteiger partial charge in [0.1, 0.15) is 0 Å². The topological polar surface area (TPSA) is 35.9 Å². The van der Waals surface area contributed by atoms with Gasteiger partial charge in [-0.05, 0) is 37.7 Å². The Balaban J connectivity index is 1.96. The summed E-state index contributed by atoms with van der Waals surface area (Å²) in [5.41, 5.74) is 2.20. The minimum absolute atomic E-state index is 0.533. The van der Waals surface area contributed by atoms with Crippen LogP contribution in [0.2, 0.25) is 0 Å². The zero-order valence-electron chi connectivity index (χ0n) is 11.8. The first-order chi connectivity index (χ1) is 8.81. The zero-order chi connectivity index (χ0) is 12.8. The Bertz CT molecular complexity index is 294. The molecule has 0 aromatic heterocycles. The standard InChI is InChI=1S/C16H28N2/c1-18-16(14-10-6-3-7-11-14)12-15(17)13-8-4-2-5-9-13/h12-14,17-18H,2-11H2,1H3/b16-12-,17-15?. The van der Waals surface area contributed by atoms with Crippen molar-refractivity contribution in [1.82, 2.24) is 5.32 Å². The molecule has 2 aliphatic carbocycles. The molecule has 2 fully saturated rings. The van der Waals surface area contributed by atoms with Crippen LogP contribution in [0.5, 0.6) is 0 Å². The lowest BCUT2D eigenvalue weighted by molar-refractivity contribution is 0.390. The highest BCUT2D eigenvalue weighted by Gasteiger charge is 2.20. The third-order valence-corrected chi connectivity index (χ3v) is 4.69. The Morgan fingerprint density at radius 1 is 0.889 bits per heavy atom. The van der Waals surface area contributed by atoms with Crippen LogP contribution >= 0.6 is 0 Å². The minimum atomic E-state index is 0.533. The van der Waals surface area contributed by atoms with Gasteiger partial charge in [0, 0.05) is 24.4 Å². The van der Waals surface area contributed by atoms with Gasteiger partial charge in [-0.1, -0.05) is 38.5 Å². The Labute approximate surface area is 112 Å². The summed E-state index contributed by atoms with van der Waals surface area (Å²) < 4.78 is 0. The maximum absolute atomic E-state index is 8.32. The van der Waals surface area contributed by atoms with E-state index in [9.17, 15) is 0 Å². The molecule has 0 atom stereocenters. The van der Waals surface area contributed by atoms with Gasteiger partial charge in [-0.15, -0.1) is 0 Å². The SMILES string of the molecule is CN/C(=C\C(=N)C1CCCCC1)C1CCCCC1. The summed E-state index contributed by atoms with van der Waals surface area (Å²) in [5, 5.41) is 11.7. The van der Waals surface area contributed by atoms with E-state index in [1.807, 2.05) is 7.05 Å². The quantitative estimate of drug-likeness (QED) is 0.716. The molecule has 0 aromatic rings. The number of allylic oxidation sites excluding steroid dienone is 2. The van der Waals surface area contributed by atoms with Crippen molar-refractivity contribution < 1.29 is 0 Å². The van der Waals surface area contributed by atoms with Crippen LogP contribution < -0.4 is 5.32 Å². The van der Waals surface area contributed by atoms with Gasteiger partial charge in [0.2, 0.25) is 0 Å². The molecule has 2 aliphatic rings. The lowest BCUT2D eigenvalue weighted by Crippen LogP contribution is -2.22. The molecular weight excluding hydrogens is 220 g/mol. The lowest BCUT2D eigenvalue weighted by atomic mass is 9.83. The highest BCUT2D eigenvalue weighted by Crippen LogP contribution is 2.30. The number of nitrogens with one attached hydrogen (secondary N) is 2. The molecule has 0 aliphatic heterocycles. The van der Waals surface area contributed by atoms with Crippen LogP contribution in [0.15, 0.2) is 11.8 Å². The molecule has 2 rings (SSSR count). The fourth-order valence-electron chi connectivity index (χ4n) is 3.51. The maximum Gasteiger partial charge on any atom is 0.0362 e. The van der Waals surface area contributed by atoms with Crippen molar-refractivity contribution in [3.8, 4) is 0 Å². The van der Waals surface area contributed by atoms with E-state index in [0.29, 0.717) is 11.8 Å². The summed E-state index contributed by atoms with van der Waals surface area (Å²) in [6.07, 6.45) is 15.4. The van der Waals surface area contributed by atoms with Crippen LogP contribution in [0.3, 0.4) is 0 Å². The van der Waals surface area contributed by atoms with Gasteiger partial charge in [-0.25, -0.2) is 0 Å². The van der Waals surface area contributed by atoms with Crippen molar-refractivity contribution in [2.45, 2.75) is 64.2 Å². The van der Waals surface area contributed by atoms with E-state index in [-0.39, 0.29) is 0 Å². The molecule has 18 heavy (non-hydrogen) atoms. The lowest BCUT2D eigenvalue weighted by Gasteiger charge is -2.26. The van der Waals surface area contributed by atoms with Gasteiger partial charge in [0.05, 0.1) is 0 Å². The molecule has 102 valence electrons. The average Bonchev–Trinajstić information content (AvgIpc) is 2.46. The second kappa shape index (κ2) is 6.96. The second-order valence-corrected chi connectivity index (χ2v) is 5.97. The van der Waals surface area contributed by atoms with Gasteiger partial charge in [-0.2, -0.15) is 0 Å². The molecule has 0 unspecified atom stereocenters. The third kappa shape index (κ3) is 3.60. The number of hydrogen-bond acceptors (Lipinski definition) is 2. The van der Waals surface area contributed by atoms with Crippen molar-refractivity contribution in [3.05, 3.63) is 11.8 Å². The van der Waals surface area contributed by atoms with Gasteiger partial charge in [0.25, 0.3) is 0 Å². The molecule has 2 N–H and O–H groups in total. The zero-order valence-corrected chi connectivity index (χ0v) is 11.8. The van der Waals surface area contributed by atoms with Gasteiger partial charge in [0.15, 0.2) is 0 Å². The van der Waals surface area contributed by atoms with E-state index in [2.05, 4.69) is 11.4 Å². The first-order valence-electron chi connectivity index (χ1n) is 7.79. The molecule has 0 bridgehead atoms. The van der Waals surface area contributed by atoms with E-state index < -0.39 is 0 Å². The fraction of sp³-hybridized carbons (Fsp3) is 0.812. The third-order valence-electron chi connectivity index (χ3n) is 4.69. The fourth-order valence-corrected chi connectivity index (χ4v) is 3.51. The summed E-state index contributed by atoms with van der Waals surface area (Å²) in [5.74, 6) is 1.22. The van der Waals surface area contributed by atoms with Crippen molar-refractivity contribution in [2.75, 3.05) is 7.05 Å². The van der Waals surface area contributed by atoms with Crippen molar-refractivity contribution in [3.63, 3.8) is 0 Å². The molecule has 0 spiro atoms. The van der Waals surface area contributed by atoms with Crippen molar-refractivity contribution in [1.29, 1.82) is 5.41 Å². The van der Waals surface area contributed by atoms with Crippen LogP contribution in [0.25, 0.3) is 0 Å². The predicted molar refractivity (Wildman–Crippen MR) is 78.0 cm³/mol. The van der Waals surface area contributed by atoms with Crippen LogP contribution in [0, 0.1) is 17.2 Å². The van der Waals surface area contributed by atoms with E-state index in [1.54, 1.807) is 0 Å². The molecule has 2 heteroatoms. The van der Waals surface area contributed by atoms with Crippen LogP contribution in [0.4, 0.5) is 0 Å². The first-order valence-corrected chi connectivity index (χ1v) is 7.79. The van der Waals surface area contributed by atoms with Crippen LogP contribution in [-0.4, -0.2) is 12.8 Å². The van der Waals surface area contributed by atoms with Gasteiger partial charge < -0.3 is 10.7 Å². The summed E-state index contributed by atoms with van der Waals surface area (Å²) in [6.45, 7) is 0. The second-order valence-electron chi connectivity index (χ2n) is 5.97. The maximum atomic E-state index is 8.32. The van der Waals surface area contributed by atoms with Crippen molar-refractivity contribution >= 4 is 5.71 Å². The Kier molecular flexibility index (Phi) is 5.27. The molecule has 0 amide bonds. The molecule has 0 radical (unpaired) electrons. The highest BCUT2D eigenvalue weighted by molar-refractivity contribution is 5.94. The minimum Gasteiger partial charge on any atom is -0.391 e. The summed E-state index contributed by atoms with van der Waals surface area (Å²) in [4.78, 5) is 0. The summed E-state index contributed by atoms with van der Waals surface area (Å²) >= 11 is 0. The summed E-state index contributed by atoms with van der Waals surface area (Å²) in [7, 11) is 2.02. The molecule has 2 saturated carbocycles. The van der Waals surface area contributed by atoms with Crippen LogP contribution in [-0.2, 0) is 0 Å². The Morgan fingerprint density at radius 2 is 1.39 bits per heavy atom. The van der Waals surface area contributed by atoms with Gasteiger partial charge in [-0.3, -0.25) is 0 Å². The predicted octanol–water partition coefficient (Wildman–Crippen LogP) is 4.27. The van der Waals surface area contributed by atoms with E-state index >= 15 is 0 Å². The van der Waals surface area contributed by atoms with E-state index in [4.69, 9.17) is 5.41 Å². The molecule has 2 nitrogen and oxygen atoms in total. The van der Waals surface area contributed by atoms with E-state index in [1.165, 1.54) is 69.9 Å². The summed E-state index contributed by atoms with van der Waals surface area (Å²) in [6, 6.07) is 0. The normalized spacial score (nSPS) is 23.9. The Morgan fingerprint density at radius 3 is 1.89 bits per heavy atom. The monoisotopic (exact) mass is 248 g/mol. The highest BCUT2D eigenvalue weighted by atomic mass is 14.8. The molecular formula is C16H28N2. The Hall–Kier alpha value is -0.790. The smallest absolute Gasteiger partial charge is 0.0362 e. The van der Waals surface area contributed by atoms with E-state index in [0.717, 1.165) is 5.71 Å². The molecule has 0 aromatic carbocycles. The first kappa shape index (κ1) is 13.6. The van der Waals surface area contributed by atoms with Gasteiger partial charge >= 0.3 is 0 Å². The molecule has 0 heterocycles. The average molecular weight is 248 g/mol. The van der Waals surface area contributed by atoms with Crippen LogP contribution in [0.1, 0.15) is 64.2 Å². The largest absolute Gasteiger partial charge is 0.391 e. The number of rotatable bonds is 4.